The largest absolute Gasteiger partial charge is 0.332 e. The first kappa shape index (κ1) is 21.2. The van der Waals surface area contributed by atoms with Crippen molar-refractivity contribution in [3.8, 4) is 6.07 Å². The number of unbranched alkanes of at least 4 members (excludes halogenated alkanes) is 3. The summed E-state index contributed by atoms with van der Waals surface area (Å²) in [5, 5.41) is 9.66. The van der Waals surface area contributed by atoms with E-state index in [2.05, 4.69) is 23.0 Å². The number of aryl methyl sites for hydroxylation is 2. The number of fused-ring (bicyclic) bond motifs is 1. The van der Waals surface area contributed by atoms with E-state index in [0.717, 1.165) is 36.7 Å². The van der Waals surface area contributed by atoms with E-state index in [1.165, 1.54) is 18.8 Å². The van der Waals surface area contributed by atoms with Crippen molar-refractivity contribution < 1.29 is 0 Å². The van der Waals surface area contributed by atoms with Gasteiger partial charge in [0.05, 0.1) is 11.3 Å². The lowest BCUT2D eigenvalue weighted by Crippen LogP contribution is -2.39. The van der Waals surface area contributed by atoms with Gasteiger partial charge in [0.15, 0.2) is 5.65 Å². The number of rotatable bonds is 9. The van der Waals surface area contributed by atoms with Gasteiger partial charge in [-0.25, -0.2) is 14.8 Å². The Morgan fingerprint density at radius 2 is 1.89 bits per heavy atom. The zero-order valence-electron chi connectivity index (χ0n) is 16.5. The van der Waals surface area contributed by atoms with Crippen LogP contribution in [0.5, 0.6) is 0 Å². The van der Waals surface area contributed by atoms with Gasteiger partial charge in [0, 0.05) is 20.0 Å². The Morgan fingerprint density at radius 1 is 1.15 bits per heavy atom. The molecule has 2 aromatic heterocycles. The van der Waals surface area contributed by atoms with Crippen LogP contribution in [-0.4, -0.2) is 24.4 Å². The van der Waals surface area contributed by atoms with Crippen LogP contribution in [0, 0.1) is 11.3 Å². The zero-order chi connectivity index (χ0) is 20.0. The second kappa shape index (κ2) is 9.70. The van der Waals surface area contributed by atoms with Crippen LogP contribution in [0.15, 0.2) is 14.6 Å². The fraction of sp³-hybridized carbons (Fsp3) is 0.632. The van der Waals surface area contributed by atoms with E-state index in [-0.39, 0.29) is 10.9 Å². The quantitative estimate of drug-likeness (QED) is 0.372. The minimum Gasteiger partial charge on any atom is -0.277 e. The Morgan fingerprint density at radius 3 is 2.52 bits per heavy atom. The lowest BCUT2D eigenvalue weighted by molar-refractivity contribution is 0.602. The number of hydrogen-bond acceptors (Lipinski definition) is 6. The fourth-order valence-corrected chi connectivity index (χ4v) is 3.75. The maximum Gasteiger partial charge on any atom is 0.332 e. The topological polar surface area (TPSA) is 93.6 Å². The van der Waals surface area contributed by atoms with Gasteiger partial charge in [0.1, 0.15) is 16.2 Å². The van der Waals surface area contributed by atoms with E-state index in [4.69, 9.17) is 0 Å². The first-order valence-corrected chi connectivity index (χ1v) is 10.4. The van der Waals surface area contributed by atoms with E-state index >= 15 is 0 Å². The maximum absolute atomic E-state index is 12.8. The molecule has 2 rings (SSSR count). The van der Waals surface area contributed by atoms with Gasteiger partial charge in [-0.1, -0.05) is 44.9 Å². The van der Waals surface area contributed by atoms with E-state index in [9.17, 15) is 14.9 Å². The molecule has 0 aliphatic carbocycles. The van der Waals surface area contributed by atoms with Gasteiger partial charge < -0.3 is 0 Å². The molecule has 8 heteroatoms. The van der Waals surface area contributed by atoms with Gasteiger partial charge in [-0.05, 0) is 19.8 Å². The van der Waals surface area contributed by atoms with Crippen molar-refractivity contribution in [2.75, 3.05) is 0 Å². The average molecular weight is 390 g/mol. The van der Waals surface area contributed by atoms with Crippen LogP contribution in [0.3, 0.4) is 0 Å². The Bertz CT molecular complexity index is 958. The smallest absolute Gasteiger partial charge is 0.277 e. The van der Waals surface area contributed by atoms with Crippen molar-refractivity contribution in [3.05, 3.63) is 26.7 Å². The molecular formula is C19H27N5O2S. The highest BCUT2D eigenvalue weighted by Gasteiger charge is 2.20. The van der Waals surface area contributed by atoms with Gasteiger partial charge >= 0.3 is 5.69 Å². The first-order valence-electron chi connectivity index (χ1n) is 9.51. The lowest BCUT2D eigenvalue weighted by Gasteiger charge is -2.14. The molecule has 146 valence electrons. The Hall–Kier alpha value is -2.14. The van der Waals surface area contributed by atoms with Crippen LogP contribution < -0.4 is 11.2 Å². The van der Waals surface area contributed by atoms with Crippen molar-refractivity contribution in [3.63, 3.8) is 0 Å². The van der Waals surface area contributed by atoms with Gasteiger partial charge in [0.2, 0.25) is 0 Å². The van der Waals surface area contributed by atoms with Gasteiger partial charge in [-0.15, -0.1) is 0 Å². The molecule has 0 amide bonds. The minimum atomic E-state index is -0.410. The molecule has 2 heterocycles. The Kier molecular flexibility index (Phi) is 7.60. The summed E-state index contributed by atoms with van der Waals surface area (Å²) in [7, 11) is 1.47. The normalized spacial score (nSPS) is 12.3. The summed E-state index contributed by atoms with van der Waals surface area (Å²) in [4.78, 5) is 34.6. The second-order valence-corrected chi connectivity index (χ2v) is 7.97. The summed E-state index contributed by atoms with van der Waals surface area (Å²) >= 11 is 1.25. The van der Waals surface area contributed by atoms with Crippen molar-refractivity contribution >= 4 is 22.8 Å². The predicted octanol–water partition coefficient (Wildman–Crippen LogP) is 3.03. The number of thioether (sulfide) groups is 1. The molecule has 0 fully saturated rings. The highest BCUT2D eigenvalue weighted by molar-refractivity contribution is 8.00. The van der Waals surface area contributed by atoms with Gasteiger partial charge in [-0.3, -0.25) is 13.9 Å². The van der Waals surface area contributed by atoms with Crippen molar-refractivity contribution in [2.24, 2.45) is 7.05 Å². The lowest BCUT2D eigenvalue weighted by atomic mass is 10.1. The zero-order valence-corrected chi connectivity index (χ0v) is 17.3. The highest BCUT2D eigenvalue weighted by Crippen LogP contribution is 2.26. The SMILES string of the molecule is CCCCCCc1nc(S[C@H](C)C#N)c2c(=O)n(C)c(=O)n(CCC)c2n1. The summed E-state index contributed by atoms with van der Waals surface area (Å²) in [6.07, 6.45) is 5.79. The number of hydrogen-bond donors (Lipinski definition) is 0. The van der Waals surface area contributed by atoms with Crippen molar-refractivity contribution in [2.45, 2.75) is 76.1 Å². The van der Waals surface area contributed by atoms with Crippen LogP contribution in [0.2, 0.25) is 0 Å². The summed E-state index contributed by atoms with van der Waals surface area (Å²) in [6.45, 7) is 6.38. The van der Waals surface area contributed by atoms with Crippen LogP contribution in [0.25, 0.3) is 11.0 Å². The summed E-state index contributed by atoms with van der Waals surface area (Å²) in [5.74, 6) is 0.628. The molecule has 27 heavy (non-hydrogen) atoms. The van der Waals surface area contributed by atoms with Crippen LogP contribution >= 0.6 is 11.8 Å². The third kappa shape index (κ3) is 4.78. The van der Waals surface area contributed by atoms with Crippen LogP contribution in [0.4, 0.5) is 0 Å². The molecule has 0 bridgehead atoms. The van der Waals surface area contributed by atoms with Crippen LogP contribution in [-0.2, 0) is 20.0 Å². The number of nitriles is 1. The number of nitrogens with zero attached hydrogens (tertiary/aromatic N) is 5. The molecule has 0 saturated carbocycles. The minimum absolute atomic E-state index is 0.329. The Balaban J connectivity index is 2.68. The highest BCUT2D eigenvalue weighted by atomic mass is 32.2. The first-order chi connectivity index (χ1) is 12.9. The Labute approximate surface area is 163 Å². The molecule has 1 atom stereocenters. The molecule has 0 aromatic carbocycles. The fourth-order valence-electron chi connectivity index (χ4n) is 2.91. The van der Waals surface area contributed by atoms with E-state index < -0.39 is 5.56 Å². The van der Waals surface area contributed by atoms with Crippen molar-refractivity contribution in [1.29, 1.82) is 5.26 Å². The van der Waals surface area contributed by atoms with Crippen molar-refractivity contribution in [1.82, 2.24) is 19.1 Å². The molecular weight excluding hydrogens is 362 g/mol. The molecule has 0 radical (unpaired) electrons. The second-order valence-electron chi connectivity index (χ2n) is 6.64. The monoisotopic (exact) mass is 389 g/mol. The van der Waals surface area contributed by atoms with Gasteiger partial charge in [-0.2, -0.15) is 5.26 Å². The van der Waals surface area contributed by atoms with E-state index in [0.29, 0.717) is 34.8 Å². The van der Waals surface area contributed by atoms with E-state index in [1.807, 2.05) is 6.92 Å². The summed E-state index contributed by atoms with van der Waals surface area (Å²) in [6, 6.07) is 2.17. The molecule has 0 unspecified atom stereocenters. The molecule has 0 saturated heterocycles. The third-order valence-electron chi connectivity index (χ3n) is 4.37. The third-order valence-corrected chi connectivity index (χ3v) is 5.34. The number of aromatic nitrogens is 4. The van der Waals surface area contributed by atoms with E-state index in [1.54, 1.807) is 11.5 Å². The molecule has 0 N–H and O–H groups in total. The van der Waals surface area contributed by atoms with Crippen LogP contribution in [0.1, 0.15) is 58.7 Å². The summed E-state index contributed by atoms with van der Waals surface area (Å²) < 4.78 is 2.65. The standard InChI is InChI=1S/C19H27N5O2S/c1-5-7-8-9-10-14-21-16-15(17(22-14)27-13(3)12-20)18(25)23(4)19(26)24(16)11-6-2/h13H,5-11H2,1-4H3/t13-/m1/s1. The predicted molar refractivity (Wildman–Crippen MR) is 108 cm³/mol. The molecule has 2 aromatic rings. The maximum atomic E-state index is 12.8. The molecule has 7 nitrogen and oxygen atoms in total. The average Bonchev–Trinajstić information content (AvgIpc) is 2.66. The summed E-state index contributed by atoms with van der Waals surface area (Å²) in [5.41, 5.74) is -0.389. The van der Waals surface area contributed by atoms with Gasteiger partial charge in [0.25, 0.3) is 5.56 Å². The molecule has 0 aliphatic rings. The molecule has 0 spiro atoms. The molecule has 0 aliphatic heterocycles.